The molecule has 1 heterocycles. The highest BCUT2D eigenvalue weighted by Gasteiger charge is 2.32. The van der Waals surface area contributed by atoms with Gasteiger partial charge in [0.2, 0.25) is 0 Å². The second-order valence-corrected chi connectivity index (χ2v) is 15.1. The minimum Gasteiger partial charge on any atom is -0.236 e. The molecular formula is C39H33N3P2. The molecule has 1 aliphatic rings. The number of aromatic nitrogens is 3. The Hall–Kier alpha value is -4.42. The van der Waals surface area contributed by atoms with Crippen molar-refractivity contribution in [3.63, 3.8) is 0 Å². The summed E-state index contributed by atoms with van der Waals surface area (Å²) in [6, 6.07) is 54.3. The van der Waals surface area contributed by atoms with Crippen LogP contribution in [0.3, 0.4) is 0 Å². The van der Waals surface area contributed by atoms with Crippen molar-refractivity contribution in [2.75, 3.05) is 0 Å². The monoisotopic (exact) mass is 605 g/mol. The molecule has 0 N–H and O–H groups in total. The summed E-state index contributed by atoms with van der Waals surface area (Å²) in [7, 11) is -1.64. The van der Waals surface area contributed by atoms with Crippen molar-refractivity contribution in [1.82, 2.24) is 15.0 Å². The average Bonchev–Trinajstić information content (AvgIpc) is 3.76. The second-order valence-electron chi connectivity index (χ2n) is 10.8. The lowest BCUT2D eigenvalue weighted by molar-refractivity contribution is 0.554. The van der Waals surface area contributed by atoms with Crippen molar-refractivity contribution in [1.29, 1.82) is 0 Å². The van der Waals surface area contributed by atoms with Crippen LogP contribution in [0, 0.1) is 0 Å². The summed E-state index contributed by atoms with van der Waals surface area (Å²) in [5.74, 6) is 0. The van der Waals surface area contributed by atoms with Crippen LogP contribution in [0.25, 0.3) is 11.3 Å². The van der Waals surface area contributed by atoms with Crippen LogP contribution >= 0.6 is 15.8 Å². The summed E-state index contributed by atoms with van der Waals surface area (Å²) in [6.07, 6.45) is 5.60. The molecule has 6 aromatic rings. The number of benzene rings is 5. The lowest BCUT2D eigenvalue weighted by atomic mass is 10.1. The second kappa shape index (κ2) is 13.1. The lowest BCUT2D eigenvalue weighted by Gasteiger charge is -2.27. The number of hydrogen-bond acceptors (Lipinski definition) is 2. The van der Waals surface area contributed by atoms with Crippen LogP contribution < -0.4 is 26.7 Å². The third kappa shape index (κ3) is 5.62. The third-order valence-electron chi connectivity index (χ3n) is 8.02. The zero-order valence-electron chi connectivity index (χ0n) is 24.6. The van der Waals surface area contributed by atoms with E-state index in [1.807, 2.05) is 0 Å². The zero-order valence-corrected chi connectivity index (χ0v) is 26.4. The predicted octanol–water partition coefficient (Wildman–Crippen LogP) is 7.61. The quantitative estimate of drug-likeness (QED) is 0.159. The minimum absolute atomic E-state index is 0.00133. The van der Waals surface area contributed by atoms with Gasteiger partial charge < -0.3 is 0 Å². The Morgan fingerprint density at radius 3 is 1.48 bits per heavy atom. The first kappa shape index (κ1) is 28.4. The zero-order chi connectivity index (χ0) is 29.7. The molecule has 0 saturated carbocycles. The predicted molar refractivity (Wildman–Crippen MR) is 189 cm³/mol. The highest BCUT2D eigenvalue weighted by molar-refractivity contribution is 7.80. The maximum atomic E-state index is 4.97. The van der Waals surface area contributed by atoms with Crippen LogP contribution in [0.4, 0.5) is 0 Å². The molecule has 214 valence electrons. The highest BCUT2D eigenvalue weighted by Crippen LogP contribution is 2.51. The van der Waals surface area contributed by atoms with E-state index in [-0.39, 0.29) is 6.04 Å². The summed E-state index contributed by atoms with van der Waals surface area (Å²) in [5.41, 5.74) is 4.55. The van der Waals surface area contributed by atoms with Crippen LogP contribution in [0.1, 0.15) is 19.4 Å². The Morgan fingerprint density at radius 2 is 1.00 bits per heavy atom. The highest BCUT2D eigenvalue weighted by atomic mass is 31.1. The number of rotatable bonds is 9. The average molecular weight is 606 g/mol. The van der Waals surface area contributed by atoms with Crippen molar-refractivity contribution in [2.45, 2.75) is 19.4 Å². The van der Waals surface area contributed by atoms with E-state index in [2.05, 4.69) is 175 Å². The molecule has 5 heteroatoms. The normalized spacial score (nSPS) is 13.6. The Bertz CT molecular complexity index is 1810. The van der Waals surface area contributed by atoms with Gasteiger partial charge in [-0.3, -0.25) is 0 Å². The molecule has 0 fully saturated rings. The Kier molecular flexibility index (Phi) is 8.42. The minimum atomic E-state index is -0.942. The SMILES string of the molecule is C[C@@H](C1=C(P(c2ccccc2)c2ccccc2)CC=C1)n1nnc(-c2ccccc2)c1P(c1ccccc1)c1ccccc1. The standard InChI is InChI=1S/C39H33N3P2/c1-30(36-28-17-29-37(36)43(32-20-9-3-10-21-32)33-22-11-4-12-23-33)42-39(38(40-41-42)31-18-7-2-8-19-31)44(34-24-13-5-14-25-34)35-26-15-6-16-27-35/h2-28,30H,29H2,1H3/t30-/m0/s1. The van der Waals surface area contributed by atoms with Crippen LogP contribution in [0.2, 0.25) is 0 Å². The van der Waals surface area contributed by atoms with Crippen molar-refractivity contribution in [3.05, 3.63) is 175 Å². The van der Waals surface area contributed by atoms with Crippen molar-refractivity contribution in [2.24, 2.45) is 0 Å². The van der Waals surface area contributed by atoms with Gasteiger partial charge in [0.05, 0.1) is 11.5 Å². The smallest absolute Gasteiger partial charge is 0.121 e. The largest absolute Gasteiger partial charge is 0.236 e. The van der Waals surface area contributed by atoms with Gasteiger partial charge in [-0.1, -0.05) is 169 Å². The van der Waals surface area contributed by atoms with E-state index in [1.54, 1.807) is 0 Å². The van der Waals surface area contributed by atoms with Gasteiger partial charge in [-0.2, -0.15) is 0 Å². The molecule has 1 atom stereocenters. The Labute approximate surface area is 262 Å². The molecule has 5 aromatic carbocycles. The van der Waals surface area contributed by atoms with E-state index < -0.39 is 15.8 Å². The molecule has 3 nitrogen and oxygen atoms in total. The first-order valence-corrected chi connectivity index (χ1v) is 17.7. The Morgan fingerprint density at radius 1 is 0.568 bits per heavy atom. The van der Waals surface area contributed by atoms with Crippen molar-refractivity contribution < 1.29 is 0 Å². The fourth-order valence-electron chi connectivity index (χ4n) is 5.95. The van der Waals surface area contributed by atoms with E-state index in [1.165, 1.54) is 37.5 Å². The molecule has 0 unspecified atom stereocenters. The van der Waals surface area contributed by atoms with E-state index in [4.69, 9.17) is 10.3 Å². The number of nitrogens with zero attached hydrogens (tertiary/aromatic N) is 3. The summed E-state index contributed by atoms with van der Waals surface area (Å²) >= 11 is 0. The molecule has 1 aliphatic carbocycles. The summed E-state index contributed by atoms with van der Waals surface area (Å²) < 4.78 is 2.22. The van der Waals surface area contributed by atoms with Crippen molar-refractivity contribution >= 4 is 42.5 Å². The summed E-state index contributed by atoms with van der Waals surface area (Å²) in [6.45, 7) is 2.30. The molecule has 0 amide bonds. The van der Waals surface area contributed by atoms with Crippen LogP contribution in [0.5, 0.6) is 0 Å². The van der Waals surface area contributed by atoms with Gasteiger partial charge in [0.25, 0.3) is 0 Å². The van der Waals surface area contributed by atoms with Gasteiger partial charge in [0, 0.05) is 13.5 Å². The van der Waals surface area contributed by atoms with Crippen LogP contribution in [-0.2, 0) is 0 Å². The first-order valence-electron chi connectivity index (χ1n) is 15.0. The topological polar surface area (TPSA) is 30.7 Å². The number of hydrogen-bond donors (Lipinski definition) is 0. The Balaban J connectivity index is 1.43. The molecule has 0 spiro atoms. The first-order chi connectivity index (χ1) is 21.8. The lowest BCUT2D eigenvalue weighted by Crippen LogP contribution is -2.30. The van der Waals surface area contributed by atoms with E-state index >= 15 is 0 Å². The molecule has 0 aliphatic heterocycles. The molecule has 0 radical (unpaired) electrons. The third-order valence-corrected chi connectivity index (χ3v) is 13.1. The van der Waals surface area contributed by atoms with E-state index in [9.17, 15) is 0 Å². The van der Waals surface area contributed by atoms with Gasteiger partial charge in [-0.05, 0) is 53.4 Å². The van der Waals surface area contributed by atoms with Crippen molar-refractivity contribution in [3.8, 4) is 11.3 Å². The van der Waals surface area contributed by atoms with Gasteiger partial charge in [-0.15, -0.1) is 5.10 Å². The fourth-order valence-corrected chi connectivity index (χ4v) is 11.1. The maximum Gasteiger partial charge on any atom is 0.121 e. The summed E-state index contributed by atoms with van der Waals surface area (Å²) in [4.78, 5) is 0. The molecule has 0 bridgehead atoms. The van der Waals surface area contributed by atoms with Gasteiger partial charge in [-0.25, -0.2) is 4.68 Å². The molecule has 1 aromatic heterocycles. The molecule has 7 rings (SSSR count). The van der Waals surface area contributed by atoms with Gasteiger partial charge in [0.15, 0.2) is 0 Å². The van der Waals surface area contributed by atoms with Crippen LogP contribution in [0.15, 0.2) is 175 Å². The molecule has 0 saturated heterocycles. The van der Waals surface area contributed by atoms with E-state index in [0.717, 1.165) is 17.7 Å². The fraction of sp³-hybridized carbons (Fsp3) is 0.0769. The van der Waals surface area contributed by atoms with E-state index in [0.29, 0.717) is 0 Å². The molecular weight excluding hydrogens is 572 g/mol. The molecule has 44 heavy (non-hydrogen) atoms. The van der Waals surface area contributed by atoms with Crippen LogP contribution in [-0.4, -0.2) is 15.0 Å². The number of allylic oxidation sites excluding steroid dienone is 4. The van der Waals surface area contributed by atoms with Gasteiger partial charge in [0.1, 0.15) is 5.69 Å². The summed E-state index contributed by atoms with van der Waals surface area (Å²) in [5, 5.41) is 16.7. The van der Waals surface area contributed by atoms with Gasteiger partial charge >= 0.3 is 0 Å². The maximum absolute atomic E-state index is 4.97.